The number of hydrogen-bond acceptors (Lipinski definition) is 5. The number of likely N-dealkylation sites (N-methyl/N-ethyl adjacent to an activating group) is 1. The van der Waals surface area contributed by atoms with Gasteiger partial charge in [-0.25, -0.2) is 8.42 Å². The van der Waals surface area contributed by atoms with Crippen molar-refractivity contribution in [2.75, 3.05) is 18.9 Å². The number of benzene rings is 3. The molecule has 3 aromatic carbocycles. The molecule has 0 aliphatic carbocycles. The van der Waals surface area contributed by atoms with Gasteiger partial charge in [0.05, 0.1) is 22.7 Å². The highest BCUT2D eigenvalue weighted by Gasteiger charge is 2.25. The molecule has 1 amide bonds. The Morgan fingerprint density at radius 2 is 1.77 bits per heavy atom. The molecule has 0 radical (unpaired) electrons. The van der Waals surface area contributed by atoms with Gasteiger partial charge in [-0.15, -0.1) is 0 Å². The number of carbonyl (C=O) groups excluding carboxylic acids is 1. The first-order chi connectivity index (χ1) is 14.8. The Hall–Kier alpha value is -3.67. The monoisotopic (exact) mass is 435 g/mol. The van der Waals surface area contributed by atoms with E-state index in [-0.39, 0.29) is 10.5 Å². The zero-order valence-electron chi connectivity index (χ0n) is 17.1. The summed E-state index contributed by atoms with van der Waals surface area (Å²) in [5.74, 6) is 0.511. The minimum absolute atomic E-state index is 0.0201. The van der Waals surface area contributed by atoms with Gasteiger partial charge in [0, 0.05) is 7.05 Å². The Morgan fingerprint density at radius 1 is 1.06 bits per heavy atom. The number of nitrogens with zero attached hydrogens (tertiary/aromatic N) is 2. The Balaban J connectivity index is 1.75. The molecule has 158 valence electrons. The Kier molecular flexibility index (Phi) is 6.70. The summed E-state index contributed by atoms with van der Waals surface area (Å²) in [5, 5.41) is 11.9. The van der Waals surface area contributed by atoms with Crippen molar-refractivity contribution in [3.8, 4) is 17.6 Å². The zero-order valence-corrected chi connectivity index (χ0v) is 17.9. The Morgan fingerprint density at radius 3 is 2.52 bits per heavy atom. The zero-order chi connectivity index (χ0) is 22.4. The van der Waals surface area contributed by atoms with Gasteiger partial charge in [-0.05, 0) is 48.9 Å². The lowest BCUT2D eigenvalue weighted by Gasteiger charge is -2.18. The molecule has 0 spiro atoms. The second-order valence-corrected chi connectivity index (χ2v) is 8.85. The third-order valence-corrected chi connectivity index (χ3v) is 6.30. The molecule has 0 aliphatic rings. The molecule has 0 bridgehead atoms. The number of sulfonamides is 1. The van der Waals surface area contributed by atoms with Gasteiger partial charge in [-0.2, -0.15) is 9.57 Å². The minimum atomic E-state index is -4.01. The van der Waals surface area contributed by atoms with E-state index in [0.717, 1.165) is 9.87 Å². The van der Waals surface area contributed by atoms with E-state index in [0.29, 0.717) is 17.2 Å². The van der Waals surface area contributed by atoms with Crippen LogP contribution in [0.25, 0.3) is 0 Å². The SMILES string of the molecule is Cc1cccc(Oc2ccccc2NC(=O)CN(C)S(=O)(=O)c2ccccc2C#N)c1. The van der Waals surface area contributed by atoms with Crippen LogP contribution in [0.4, 0.5) is 5.69 Å². The van der Waals surface area contributed by atoms with Crippen molar-refractivity contribution in [2.45, 2.75) is 11.8 Å². The average Bonchev–Trinajstić information content (AvgIpc) is 2.75. The number of nitrogens with one attached hydrogen (secondary N) is 1. The topological polar surface area (TPSA) is 99.5 Å². The molecule has 0 aromatic heterocycles. The number of aryl methyl sites for hydroxylation is 1. The first-order valence-electron chi connectivity index (χ1n) is 9.40. The molecule has 3 rings (SSSR count). The fourth-order valence-electron chi connectivity index (χ4n) is 2.89. The molecule has 0 saturated heterocycles. The molecule has 0 atom stereocenters. The van der Waals surface area contributed by atoms with Crippen LogP contribution in [-0.2, 0) is 14.8 Å². The molecule has 0 unspecified atom stereocenters. The number of anilines is 1. The van der Waals surface area contributed by atoms with Gasteiger partial charge in [0.25, 0.3) is 0 Å². The lowest BCUT2D eigenvalue weighted by atomic mass is 10.2. The van der Waals surface area contributed by atoms with Gasteiger partial charge in [0.2, 0.25) is 15.9 Å². The van der Waals surface area contributed by atoms with Crippen molar-refractivity contribution in [3.63, 3.8) is 0 Å². The maximum atomic E-state index is 12.8. The highest BCUT2D eigenvalue weighted by molar-refractivity contribution is 7.89. The lowest BCUT2D eigenvalue weighted by molar-refractivity contribution is -0.116. The number of hydrogen-bond donors (Lipinski definition) is 1. The van der Waals surface area contributed by atoms with Crippen molar-refractivity contribution in [3.05, 3.63) is 83.9 Å². The predicted octanol–water partition coefficient (Wildman–Crippen LogP) is 3.92. The van der Waals surface area contributed by atoms with Crippen molar-refractivity contribution in [2.24, 2.45) is 0 Å². The van der Waals surface area contributed by atoms with E-state index in [1.807, 2.05) is 31.2 Å². The highest BCUT2D eigenvalue weighted by atomic mass is 32.2. The fraction of sp³-hybridized carbons (Fsp3) is 0.130. The second-order valence-electron chi connectivity index (χ2n) is 6.83. The van der Waals surface area contributed by atoms with E-state index in [1.165, 1.54) is 25.2 Å². The van der Waals surface area contributed by atoms with Gasteiger partial charge < -0.3 is 10.1 Å². The smallest absolute Gasteiger partial charge is 0.244 e. The minimum Gasteiger partial charge on any atom is -0.455 e. The predicted molar refractivity (Wildman–Crippen MR) is 117 cm³/mol. The summed E-state index contributed by atoms with van der Waals surface area (Å²) < 4.78 is 32.4. The van der Waals surface area contributed by atoms with Crippen LogP contribution in [0, 0.1) is 18.3 Å². The van der Waals surface area contributed by atoms with Crippen LogP contribution in [0.1, 0.15) is 11.1 Å². The molecule has 1 N–H and O–H groups in total. The van der Waals surface area contributed by atoms with E-state index in [1.54, 1.807) is 36.4 Å². The average molecular weight is 436 g/mol. The van der Waals surface area contributed by atoms with E-state index < -0.39 is 22.5 Å². The van der Waals surface area contributed by atoms with Crippen LogP contribution in [0.5, 0.6) is 11.5 Å². The Bertz CT molecular complexity index is 1250. The number of rotatable bonds is 7. The van der Waals surface area contributed by atoms with E-state index in [9.17, 15) is 18.5 Å². The molecular formula is C23H21N3O4S. The molecule has 3 aromatic rings. The fourth-order valence-corrected chi connectivity index (χ4v) is 4.16. The summed E-state index contributed by atoms with van der Waals surface area (Å²) >= 11 is 0. The summed E-state index contributed by atoms with van der Waals surface area (Å²) in [5.41, 5.74) is 1.47. The van der Waals surface area contributed by atoms with Gasteiger partial charge in [0.1, 0.15) is 11.8 Å². The summed E-state index contributed by atoms with van der Waals surface area (Å²) in [6.07, 6.45) is 0. The second kappa shape index (κ2) is 9.43. The first-order valence-corrected chi connectivity index (χ1v) is 10.8. The number of amides is 1. The molecule has 0 saturated carbocycles. The quantitative estimate of drug-likeness (QED) is 0.606. The standard InChI is InChI=1S/C23H21N3O4S/c1-17-8-7-10-19(14-17)30-21-12-5-4-11-20(21)25-23(27)16-26(2)31(28,29)22-13-6-3-9-18(22)15-24/h3-14H,16H2,1-2H3,(H,25,27). The van der Waals surface area contributed by atoms with Crippen molar-refractivity contribution < 1.29 is 17.9 Å². The van der Waals surface area contributed by atoms with Crippen LogP contribution in [0.15, 0.2) is 77.7 Å². The largest absolute Gasteiger partial charge is 0.455 e. The number of para-hydroxylation sites is 2. The molecule has 7 nitrogen and oxygen atoms in total. The van der Waals surface area contributed by atoms with Gasteiger partial charge in [-0.3, -0.25) is 4.79 Å². The number of carbonyl (C=O) groups is 1. The maximum Gasteiger partial charge on any atom is 0.244 e. The highest BCUT2D eigenvalue weighted by Crippen LogP contribution is 2.29. The van der Waals surface area contributed by atoms with Gasteiger partial charge in [-0.1, -0.05) is 36.4 Å². The summed E-state index contributed by atoms with van der Waals surface area (Å²) in [6.45, 7) is 1.52. The van der Waals surface area contributed by atoms with Crippen molar-refractivity contribution >= 4 is 21.6 Å². The normalized spacial score (nSPS) is 11.0. The first kappa shape index (κ1) is 22.0. The van der Waals surface area contributed by atoms with E-state index in [4.69, 9.17) is 4.74 Å². The van der Waals surface area contributed by atoms with Gasteiger partial charge in [0.15, 0.2) is 5.75 Å². The number of ether oxygens (including phenoxy) is 1. The third kappa shape index (κ3) is 5.28. The van der Waals surface area contributed by atoms with Crippen LogP contribution < -0.4 is 10.1 Å². The summed E-state index contributed by atoms with van der Waals surface area (Å²) in [7, 11) is -2.72. The summed E-state index contributed by atoms with van der Waals surface area (Å²) in [4.78, 5) is 12.4. The molecule has 31 heavy (non-hydrogen) atoms. The van der Waals surface area contributed by atoms with E-state index in [2.05, 4.69) is 5.32 Å². The molecule has 0 heterocycles. The molecular weight excluding hydrogens is 414 g/mol. The van der Waals surface area contributed by atoms with Crippen molar-refractivity contribution in [1.29, 1.82) is 5.26 Å². The van der Waals surface area contributed by atoms with Crippen molar-refractivity contribution in [1.82, 2.24) is 4.31 Å². The Labute approximate surface area is 181 Å². The van der Waals surface area contributed by atoms with Crippen LogP contribution in [0.2, 0.25) is 0 Å². The van der Waals surface area contributed by atoms with Crippen LogP contribution >= 0.6 is 0 Å². The van der Waals surface area contributed by atoms with Crippen LogP contribution in [0.3, 0.4) is 0 Å². The van der Waals surface area contributed by atoms with Crippen LogP contribution in [-0.4, -0.2) is 32.2 Å². The molecule has 8 heteroatoms. The molecule has 0 fully saturated rings. The number of nitriles is 1. The lowest BCUT2D eigenvalue weighted by Crippen LogP contribution is -2.35. The van der Waals surface area contributed by atoms with Gasteiger partial charge >= 0.3 is 0 Å². The third-order valence-electron chi connectivity index (χ3n) is 4.44. The van der Waals surface area contributed by atoms with E-state index >= 15 is 0 Å². The maximum absolute atomic E-state index is 12.8. The summed E-state index contributed by atoms with van der Waals surface area (Å²) in [6, 6.07) is 22.1. The molecule has 0 aliphatic heterocycles.